The molecule has 23 heavy (non-hydrogen) atoms. The Bertz CT molecular complexity index is 585. The van der Waals surface area contributed by atoms with Crippen LogP contribution < -0.4 is 5.32 Å². The molecule has 1 saturated heterocycles. The average molecular weight is 320 g/mol. The summed E-state index contributed by atoms with van der Waals surface area (Å²) in [6.45, 7) is 1.22. The van der Waals surface area contributed by atoms with Crippen LogP contribution in [0.4, 0.5) is 0 Å². The van der Waals surface area contributed by atoms with Gasteiger partial charge >= 0.3 is 5.97 Å². The smallest absolute Gasteiger partial charge is 0.334 e. The summed E-state index contributed by atoms with van der Waals surface area (Å²) in [5, 5.41) is 11.4. The zero-order valence-corrected chi connectivity index (χ0v) is 12.9. The zero-order valence-electron chi connectivity index (χ0n) is 12.9. The van der Waals surface area contributed by atoms with E-state index in [2.05, 4.69) is 5.32 Å². The van der Waals surface area contributed by atoms with Crippen molar-refractivity contribution in [3.63, 3.8) is 0 Å². The number of ether oxygens (including phenoxy) is 1. The van der Waals surface area contributed by atoms with Crippen LogP contribution in [0, 0.1) is 0 Å². The fourth-order valence-corrected chi connectivity index (χ4v) is 2.41. The van der Waals surface area contributed by atoms with Gasteiger partial charge in [0, 0.05) is 32.2 Å². The summed E-state index contributed by atoms with van der Waals surface area (Å²) < 4.78 is 4.75. The molecule has 124 valence electrons. The van der Waals surface area contributed by atoms with Gasteiger partial charge in [-0.25, -0.2) is 4.79 Å². The molecule has 0 aromatic heterocycles. The topological polar surface area (TPSA) is 95.9 Å². The van der Waals surface area contributed by atoms with Gasteiger partial charge < -0.3 is 20.1 Å². The van der Waals surface area contributed by atoms with Crippen molar-refractivity contribution < 1.29 is 24.2 Å². The molecule has 0 bridgehead atoms. The van der Waals surface area contributed by atoms with Crippen LogP contribution >= 0.6 is 0 Å². The molecule has 1 fully saturated rings. The number of methoxy groups -OCH3 is 1. The number of nitrogens with zero attached hydrogens (tertiary/aromatic N) is 1. The van der Waals surface area contributed by atoms with E-state index in [0.717, 1.165) is 18.5 Å². The van der Waals surface area contributed by atoms with E-state index in [9.17, 15) is 14.4 Å². The fraction of sp³-hybridized carbons (Fsp3) is 0.438. The van der Waals surface area contributed by atoms with E-state index in [-0.39, 0.29) is 18.4 Å². The number of amides is 2. The molecule has 2 amide bonds. The molecule has 1 aromatic carbocycles. The van der Waals surface area contributed by atoms with Crippen LogP contribution in [0.5, 0.6) is 0 Å². The van der Waals surface area contributed by atoms with Crippen LogP contribution in [0.15, 0.2) is 24.3 Å². The fourth-order valence-electron chi connectivity index (χ4n) is 2.41. The van der Waals surface area contributed by atoms with Gasteiger partial charge in [-0.05, 0) is 24.1 Å². The van der Waals surface area contributed by atoms with Crippen LogP contribution in [-0.4, -0.2) is 54.1 Å². The lowest BCUT2D eigenvalue weighted by atomic mass is 10.1. The van der Waals surface area contributed by atoms with Gasteiger partial charge in [0.2, 0.25) is 5.91 Å². The van der Waals surface area contributed by atoms with E-state index in [1.54, 1.807) is 29.2 Å². The number of carbonyl (C=O) groups excluding carboxylic acids is 2. The Kier molecular flexibility index (Phi) is 5.70. The van der Waals surface area contributed by atoms with E-state index in [0.29, 0.717) is 18.5 Å². The van der Waals surface area contributed by atoms with Crippen molar-refractivity contribution in [2.75, 3.05) is 20.2 Å². The maximum Gasteiger partial charge on any atom is 0.334 e. The van der Waals surface area contributed by atoms with Crippen molar-refractivity contribution in [3.05, 3.63) is 35.4 Å². The Balaban J connectivity index is 1.89. The number of hydrogen-bond donors (Lipinski definition) is 2. The standard InChI is InChI=1S/C16H20N2O5/c1-23-13(16(21)22)9-17-15(20)12-6-4-11(5-7-12)10-18-8-2-3-14(18)19/h4-7,13H,2-3,8-10H2,1H3,(H,17,20)(H,21,22)/t13-/m0/s1. The molecule has 0 unspecified atom stereocenters. The lowest BCUT2D eigenvalue weighted by Gasteiger charge is -2.15. The average Bonchev–Trinajstić information content (AvgIpc) is 2.93. The summed E-state index contributed by atoms with van der Waals surface area (Å²) in [6.07, 6.45) is 0.424. The van der Waals surface area contributed by atoms with E-state index in [1.165, 1.54) is 7.11 Å². The number of likely N-dealkylation sites (tertiary alicyclic amines) is 1. The Hall–Kier alpha value is -2.41. The monoisotopic (exact) mass is 320 g/mol. The molecule has 1 heterocycles. The highest BCUT2D eigenvalue weighted by Crippen LogP contribution is 2.14. The number of rotatable bonds is 7. The second kappa shape index (κ2) is 7.73. The molecule has 1 aliphatic heterocycles. The maximum atomic E-state index is 12.0. The Morgan fingerprint density at radius 1 is 1.35 bits per heavy atom. The van der Waals surface area contributed by atoms with Crippen molar-refractivity contribution in [3.8, 4) is 0 Å². The van der Waals surface area contributed by atoms with Crippen molar-refractivity contribution in [1.82, 2.24) is 10.2 Å². The van der Waals surface area contributed by atoms with Crippen molar-refractivity contribution >= 4 is 17.8 Å². The third-order valence-corrected chi connectivity index (χ3v) is 3.77. The summed E-state index contributed by atoms with van der Waals surface area (Å²) >= 11 is 0. The largest absolute Gasteiger partial charge is 0.479 e. The van der Waals surface area contributed by atoms with E-state index < -0.39 is 12.1 Å². The molecule has 1 aromatic rings. The highest BCUT2D eigenvalue weighted by Gasteiger charge is 2.20. The zero-order chi connectivity index (χ0) is 16.8. The summed E-state index contributed by atoms with van der Waals surface area (Å²) in [6, 6.07) is 6.92. The lowest BCUT2D eigenvalue weighted by molar-refractivity contribution is -0.148. The molecule has 7 nitrogen and oxygen atoms in total. The van der Waals surface area contributed by atoms with Crippen molar-refractivity contribution in [1.29, 1.82) is 0 Å². The minimum Gasteiger partial charge on any atom is -0.479 e. The first kappa shape index (κ1) is 17.0. The van der Waals surface area contributed by atoms with Crippen LogP contribution in [0.3, 0.4) is 0 Å². The van der Waals surface area contributed by atoms with Gasteiger partial charge in [-0.1, -0.05) is 12.1 Å². The third kappa shape index (κ3) is 4.53. The van der Waals surface area contributed by atoms with Gasteiger partial charge in [-0.3, -0.25) is 9.59 Å². The molecule has 2 N–H and O–H groups in total. The Labute approximate surface area is 134 Å². The number of benzene rings is 1. The number of nitrogens with one attached hydrogen (secondary N) is 1. The minimum atomic E-state index is -1.13. The van der Waals surface area contributed by atoms with Crippen molar-refractivity contribution in [2.24, 2.45) is 0 Å². The molecule has 0 saturated carbocycles. The van der Waals surface area contributed by atoms with Crippen LogP contribution in [0.25, 0.3) is 0 Å². The maximum absolute atomic E-state index is 12.0. The summed E-state index contributed by atoms with van der Waals surface area (Å²) in [5.74, 6) is -1.33. The van der Waals surface area contributed by atoms with E-state index in [4.69, 9.17) is 9.84 Å². The Morgan fingerprint density at radius 3 is 2.57 bits per heavy atom. The first-order valence-electron chi connectivity index (χ1n) is 7.41. The summed E-state index contributed by atoms with van der Waals surface area (Å²) in [4.78, 5) is 36.2. The highest BCUT2D eigenvalue weighted by molar-refractivity contribution is 5.94. The lowest BCUT2D eigenvalue weighted by Crippen LogP contribution is -2.37. The second-order valence-electron chi connectivity index (χ2n) is 5.39. The number of hydrogen-bond acceptors (Lipinski definition) is 4. The highest BCUT2D eigenvalue weighted by atomic mass is 16.5. The number of carboxylic acid groups (broad SMARTS) is 1. The number of carbonyl (C=O) groups is 3. The molecule has 0 radical (unpaired) electrons. The molecule has 1 aliphatic rings. The molecular formula is C16H20N2O5. The first-order chi connectivity index (χ1) is 11.0. The van der Waals surface area contributed by atoms with Crippen LogP contribution in [0.2, 0.25) is 0 Å². The number of carboxylic acids is 1. The normalized spacial score (nSPS) is 15.5. The summed E-state index contributed by atoms with van der Waals surface area (Å²) in [7, 11) is 1.28. The van der Waals surface area contributed by atoms with Gasteiger partial charge in [0.1, 0.15) is 0 Å². The molecule has 1 atom stereocenters. The predicted octanol–water partition coefficient (Wildman–Crippen LogP) is 0.638. The Morgan fingerprint density at radius 2 is 2.04 bits per heavy atom. The van der Waals surface area contributed by atoms with Crippen molar-refractivity contribution in [2.45, 2.75) is 25.5 Å². The van der Waals surface area contributed by atoms with Gasteiger partial charge in [-0.2, -0.15) is 0 Å². The van der Waals surface area contributed by atoms with E-state index in [1.807, 2.05) is 0 Å². The predicted molar refractivity (Wildman–Crippen MR) is 81.9 cm³/mol. The molecule has 7 heteroatoms. The van der Waals surface area contributed by atoms with Crippen LogP contribution in [0.1, 0.15) is 28.8 Å². The SMILES string of the molecule is CO[C@@H](CNC(=O)c1ccc(CN2CCCC2=O)cc1)C(=O)O. The molecule has 2 rings (SSSR count). The van der Waals surface area contributed by atoms with Gasteiger partial charge in [-0.15, -0.1) is 0 Å². The van der Waals surface area contributed by atoms with Gasteiger partial charge in [0.25, 0.3) is 5.91 Å². The van der Waals surface area contributed by atoms with Gasteiger partial charge in [0.05, 0.1) is 6.54 Å². The second-order valence-corrected chi connectivity index (χ2v) is 5.39. The van der Waals surface area contributed by atoms with E-state index >= 15 is 0 Å². The summed E-state index contributed by atoms with van der Waals surface area (Å²) in [5.41, 5.74) is 1.39. The molecular weight excluding hydrogens is 300 g/mol. The molecule has 0 spiro atoms. The minimum absolute atomic E-state index is 0.102. The quantitative estimate of drug-likeness (QED) is 0.768. The van der Waals surface area contributed by atoms with Crippen LogP contribution in [-0.2, 0) is 20.9 Å². The first-order valence-corrected chi connectivity index (χ1v) is 7.41. The van der Waals surface area contributed by atoms with Gasteiger partial charge in [0.15, 0.2) is 6.10 Å². The number of aliphatic carboxylic acids is 1. The molecule has 0 aliphatic carbocycles. The third-order valence-electron chi connectivity index (χ3n) is 3.77.